The van der Waals surface area contributed by atoms with Crippen LogP contribution in [0.25, 0.3) is 11.3 Å². The van der Waals surface area contributed by atoms with Gasteiger partial charge in [-0.05, 0) is 51.0 Å². The summed E-state index contributed by atoms with van der Waals surface area (Å²) in [7, 11) is -3.81. The molecule has 2 N–H and O–H groups in total. The van der Waals surface area contributed by atoms with Gasteiger partial charge >= 0.3 is 0 Å². The van der Waals surface area contributed by atoms with E-state index >= 15 is 0 Å². The van der Waals surface area contributed by atoms with E-state index in [1.807, 2.05) is 36.7 Å². The molecule has 0 amide bonds. The van der Waals surface area contributed by atoms with Gasteiger partial charge in [-0.1, -0.05) is 13.8 Å². The second-order valence-electron chi connectivity index (χ2n) is 6.37. The minimum Gasteiger partial charge on any atom is -0.232 e. The molecule has 4 rings (SSSR count). The quantitative estimate of drug-likeness (QED) is 0.559. The molecular weight excluding hydrogens is 378 g/mol. The number of aryl methyl sites for hydroxylation is 4. The van der Waals surface area contributed by atoms with Crippen LogP contribution in [0.15, 0.2) is 35.5 Å². The lowest BCUT2D eigenvalue weighted by Gasteiger charge is -2.00. The highest BCUT2D eigenvalue weighted by molar-refractivity contribution is 7.89. The normalized spacial score (nSPS) is 11.6. The van der Waals surface area contributed by atoms with Crippen molar-refractivity contribution in [1.29, 1.82) is 0 Å². The fraction of sp³-hybridized carbons (Fsp3) is 0.333. The lowest BCUT2D eigenvalue weighted by atomic mass is 10.4. The Balaban J connectivity index is 0.000000167. The maximum Gasteiger partial charge on any atom is 0.257 e. The van der Waals surface area contributed by atoms with Crippen LogP contribution in [0.3, 0.4) is 0 Å². The highest BCUT2D eigenvalue weighted by Crippen LogP contribution is 2.16. The number of nitrogens with zero attached hydrogens (tertiary/aromatic N) is 6. The zero-order valence-corrected chi connectivity index (χ0v) is 17.1. The van der Waals surface area contributed by atoms with Crippen molar-refractivity contribution < 1.29 is 8.42 Å². The zero-order chi connectivity index (χ0) is 20.5. The summed E-state index contributed by atoms with van der Waals surface area (Å²) in [6.07, 6.45) is 3.43. The monoisotopic (exact) mass is 401 g/mol. The van der Waals surface area contributed by atoms with E-state index in [4.69, 9.17) is 5.14 Å². The molecule has 0 aromatic carbocycles. The van der Waals surface area contributed by atoms with Crippen LogP contribution in [0.1, 0.15) is 36.6 Å². The Morgan fingerprint density at radius 3 is 2.18 bits per heavy atom. The average Bonchev–Trinajstić information content (AvgIpc) is 3.21. The number of sulfonamides is 1. The minimum absolute atomic E-state index is 0.0197. The Kier molecular flexibility index (Phi) is 5.43. The molecule has 0 saturated carbocycles. The maximum absolute atomic E-state index is 11.5. The van der Waals surface area contributed by atoms with Crippen molar-refractivity contribution in [2.75, 3.05) is 0 Å². The Labute approximate surface area is 163 Å². The lowest BCUT2D eigenvalue weighted by Crippen LogP contribution is -2.17. The van der Waals surface area contributed by atoms with E-state index in [2.05, 4.69) is 27.1 Å². The Morgan fingerprint density at radius 1 is 0.929 bits per heavy atom. The van der Waals surface area contributed by atoms with Crippen molar-refractivity contribution in [2.24, 2.45) is 5.14 Å². The second-order valence-corrected chi connectivity index (χ2v) is 7.85. The first-order valence-corrected chi connectivity index (χ1v) is 10.5. The smallest absolute Gasteiger partial charge is 0.232 e. The standard InChI is InChI=1S/C9H12N4O2S.C9H11N3/c1-3-7-9(16(10,14)15)13-8(11-7)5-4-6(2)12-13;1-3-8-6-12-9(10-8)5-4-7(2)11-12/h4-5H,3H2,1-2H3,(H2,10,14,15);4-6H,3H2,1-2H3. The van der Waals surface area contributed by atoms with Gasteiger partial charge in [0, 0.05) is 0 Å². The maximum atomic E-state index is 11.5. The van der Waals surface area contributed by atoms with E-state index in [1.54, 1.807) is 19.1 Å². The van der Waals surface area contributed by atoms with Crippen LogP contribution < -0.4 is 5.14 Å². The summed E-state index contributed by atoms with van der Waals surface area (Å²) in [6.45, 7) is 7.67. The molecule has 28 heavy (non-hydrogen) atoms. The number of hydrogen-bond acceptors (Lipinski definition) is 6. The van der Waals surface area contributed by atoms with Crippen LogP contribution in [0, 0.1) is 13.8 Å². The molecule has 0 aliphatic heterocycles. The SMILES string of the molecule is CCc1cn2nc(C)ccc2n1.CCc1nc2ccc(C)nn2c1S(N)(=O)=O. The van der Waals surface area contributed by atoms with Crippen molar-refractivity contribution in [3.8, 4) is 0 Å². The first-order chi connectivity index (χ1) is 13.2. The number of rotatable bonds is 3. The van der Waals surface area contributed by atoms with Crippen molar-refractivity contribution >= 4 is 21.3 Å². The topological polar surface area (TPSA) is 121 Å². The summed E-state index contributed by atoms with van der Waals surface area (Å²) in [6, 6.07) is 7.45. The largest absolute Gasteiger partial charge is 0.257 e. The fourth-order valence-electron chi connectivity index (χ4n) is 2.76. The number of imidazole rings is 2. The van der Waals surface area contributed by atoms with E-state index in [0.29, 0.717) is 23.5 Å². The molecule has 0 aliphatic rings. The molecule has 0 fully saturated rings. The molecule has 4 heterocycles. The summed E-state index contributed by atoms with van der Waals surface area (Å²) in [5.74, 6) is 0. The molecule has 0 atom stereocenters. The minimum atomic E-state index is -3.81. The van der Waals surface area contributed by atoms with Crippen LogP contribution in [0.5, 0.6) is 0 Å². The van der Waals surface area contributed by atoms with E-state index < -0.39 is 10.0 Å². The van der Waals surface area contributed by atoms with Crippen molar-refractivity contribution in [3.05, 3.63) is 53.2 Å². The summed E-state index contributed by atoms with van der Waals surface area (Å²) in [5.41, 5.74) is 4.68. The van der Waals surface area contributed by atoms with Crippen LogP contribution in [-0.4, -0.2) is 37.6 Å². The molecule has 0 radical (unpaired) electrons. The summed E-state index contributed by atoms with van der Waals surface area (Å²) in [4.78, 5) is 8.55. The van der Waals surface area contributed by atoms with Gasteiger partial charge in [0.15, 0.2) is 16.3 Å². The van der Waals surface area contributed by atoms with E-state index in [1.165, 1.54) is 4.52 Å². The van der Waals surface area contributed by atoms with Gasteiger partial charge in [0.05, 0.1) is 29.0 Å². The van der Waals surface area contributed by atoms with Crippen LogP contribution >= 0.6 is 0 Å². The van der Waals surface area contributed by atoms with E-state index in [9.17, 15) is 8.42 Å². The third-order valence-electron chi connectivity index (χ3n) is 4.11. The Bertz CT molecular complexity index is 1240. The van der Waals surface area contributed by atoms with Crippen LogP contribution in [0.4, 0.5) is 0 Å². The molecule has 0 saturated heterocycles. The second kappa shape index (κ2) is 7.64. The summed E-state index contributed by atoms with van der Waals surface area (Å²) >= 11 is 0. The van der Waals surface area contributed by atoms with Gasteiger partial charge in [0.2, 0.25) is 0 Å². The number of primary sulfonamides is 1. The molecule has 148 valence electrons. The fourth-order valence-corrected chi connectivity index (χ4v) is 3.66. The molecule has 0 spiro atoms. The van der Waals surface area contributed by atoms with Gasteiger partial charge in [-0.3, -0.25) is 0 Å². The first kappa shape index (κ1) is 19.9. The Morgan fingerprint density at radius 2 is 1.57 bits per heavy atom. The van der Waals surface area contributed by atoms with Crippen LogP contribution in [0.2, 0.25) is 0 Å². The van der Waals surface area contributed by atoms with Gasteiger partial charge in [0.1, 0.15) is 0 Å². The highest BCUT2D eigenvalue weighted by Gasteiger charge is 2.21. The number of fused-ring (bicyclic) bond motifs is 2. The van der Waals surface area contributed by atoms with Crippen LogP contribution in [-0.2, 0) is 22.9 Å². The van der Waals surface area contributed by atoms with Crippen molar-refractivity contribution in [2.45, 2.75) is 45.6 Å². The lowest BCUT2D eigenvalue weighted by molar-refractivity contribution is 0.587. The third kappa shape index (κ3) is 4.02. The van der Waals surface area contributed by atoms with Gasteiger partial charge < -0.3 is 0 Å². The van der Waals surface area contributed by atoms with E-state index in [-0.39, 0.29) is 5.03 Å². The molecule has 0 unspecified atom stereocenters. The molecule has 0 bridgehead atoms. The molecule has 4 aromatic heterocycles. The van der Waals surface area contributed by atoms with Gasteiger partial charge in [0.25, 0.3) is 10.0 Å². The summed E-state index contributed by atoms with van der Waals surface area (Å²) < 4.78 is 26.1. The van der Waals surface area contributed by atoms with Crippen molar-refractivity contribution in [1.82, 2.24) is 29.2 Å². The number of nitrogens with two attached hydrogens (primary N) is 1. The average molecular weight is 401 g/mol. The molecule has 4 aromatic rings. The first-order valence-electron chi connectivity index (χ1n) is 8.93. The third-order valence-corrected chi connectivity index (χ3v) is 5.05. The number of aromatic nitrogens is 6. The number of hydrogen-bond donors (Lipinski definition) is 1. The zero-order valence-electron chi connectivity index (χ0n) is 16.3. The predicted molar refractivity (Wildman–Crippen MR) is 106 cm³/mol. The van der Waals surface area contributed by atoms with Gasteiger partial charge in [-0.15, -0.1) is 0 Å². The van der Waals surface area contributed by atoms with Gasteiger partial charge in [-0.25, -0.2) is 32.6 Å². The molecule has 10 heteroatoms. The van der Waals surface area contributed by atoms with Gasteiger partial charge in [-0.2, -0.15) is 10.2 Å². The predicted octanol–water partition coefficient (Wildman–Crippen LogP) is 1.85. The van der Waals surface area contributed by atoms with E-state index in [0.717, 1.165) is 23.5 Å². The summed E-state index contributed by atoms with van der Waals surface area (Å²) in [5, 5.41) is 13.5. The molecule has 0 aliphatic carbocycles. The molecule has 9 nitrogen and oxygen atoms in total. The Hall–Kier alpha value is -2.85. The van der Waals surface area contributed by atoms with Crippen molar-refractivity contribution in [3.63, 3.8) is 0 Å². The molecular formula is C18H23N7O2S. The highest BCUT2D eigenvalue weighted by atomic mass is 32.2.